The van der Waals surface area contributed by atoms with Crippen LogP contribution < -0.4 is 10.6 Å². The molecule has 0 fully saturated rings. The molecule has 5 nitrogen and oxygen atoms in total. The van der Waals surface area contributed by atoms with Crippen molar-refractivity contribution < 1.29 is 9.59 Å². The van der Waals surface area contributed by atoms with E-state index in [1.165, 1.54) is 6.20 Å². The average Bonchev–Trinajstić information content (AvgIpc) is 2.48. The number of nitrogens with zero attached hydrogens (tertiary/aromatic N) is 1. The molecule has 1 aromatic heterocycles. The number of benzene rings is 1. The summed E-state index contributed by atoms with van der Waals surface area (Å²) in [6, 6.07) is 8.83. The third-order valence-electron chi connectivity index (χ3n) is 3.16. The number of carbonyl (C=O) groups is 2. The van der Waals surface area contributed by atoms with E-state index < -0.39 is 0 Å². The number of aromatic nitrogens is 1. The van der Waals surface area contributed by atoms with Gasteiger partial charge in [0, 0.05) is 30.2 Å². The molecule has 0 aliphatic rings. The Morgan fingerprint density at radius 2 is 1.65 bits per heavy atom. The molecule has 0 unspecified atom stereocenters. The number of anilines is 2. The van der Waals surface area contributed by atoms with Gasteiger partial charge in [0.25, 0.3) is 5.91 Å². The van der Waals surface area contributed by atoms with Gasteiger partial charge in [-0.05, 0) is 48.7 Å². The van der Waals surface area contributed by atoms with Gasteiger partial charge in [0.1, 0.15) is 0 Å². The fourth-order valence-corrected chi connectivity index (χ4v) is 2.10. The van der Waals surface area contributed by atoms with Crippen molar-refractivity contribution in [2.45, 2.75) is 27.2 Å². The lowest BCUT2D eigenvalue weighted by molar-refractivity contribution is -0.116. The molecule has 0 aliphatic carbocycles. The molecular weight excluding hydrogens is 290 g/mol. The maximum Gasteiger partial charge on any atom is 0.257 e. The molecule has 0 saturated heterocycles. The van der Waals surface area contributed by atoms with Crippen LogP contribution in [0.3, 0.4) is 0 Å². The highest BCUT2D eigenvalue weighted by molar-refractivity contribution is 6.04. The Bertz CT molecular complexity index is 694. The van der Waals surface area contributed by atoms with Crippen molar-refractivity contribution in [3.63, 3.8) is 0 Å². The van der Waals surface area contributed by atoms with Crippen LogP contribution in [0, 0.1) is 12.8 Å². The van der Waals surface area contributed by atoms with Crippen LogP contribution in [0.1, 0.15) is 36.2 Å². The van der Waals surface area contributed by atoms with Gasteiger partial charge in [0.2, 0.25) is 5.91 Å². The molecule has 120 valence electrons. The molecule has 0 bridgehead atoms. The molecule has 0 spiro atoms. The standard InChI is InChI=1S/C18H21N3O2/c1-12(2)8-17(22)20-15-4-6-16(7-5-15)21-18(23)14-9-13(3)10-19-11-14/h4-7,9-12H,8H2,1-3H3,(H,20,22)(H,21,23). The van der Waals surface area contributed by atoms with Gasteiger partial charge in [-0.1, -0.05) is 13.8 Å². The van der Waals surface area contributed by atoms with Crippen molar-refractivity contribution in [2.24, 2.45) is 5.92 Å². The number of hydrogen-bond donors (Lipinski definition) is 2. The zero-order chi connectivity index (χ0) is 16.8. The summed E-state index contributed by atoms with van der Waals surface area (Å²) >= 11 is 0. The fourth-order valence-electron chi connectivity index (χ4n) is 2.10. The quantitative estimate of drug-likeness (QED) is 0.886. The highest BCUT2D eigenvalue weighted by Crippen LogP contribution is 2.15. The molecule has 2 aromatic rings. The maximum absolute atomic E-state index is 12.1. The van der Waals surface area contributed by atoms with Gasteiger partial charge in [-0.25, -0.2) is 0 Å². The first-order valence-corrected chi connectivity index (χ1v) is 7.57. The van der Waals surface area contributed by atoms with Crippen molar-refractivity contribution in [2.75, 3.05) is 10.6 Å². The third-order valence-corrected chi connectivity index (χ3v) is 3.16. The largest absolute Gasteiger partial charge is 0.326 e. The Balaban J connectivity index is 1.97. The Hall–Kier alpha value is -2.69. The lowest BCUT2D eigenvalue weighted by atomic mass is 10.1. The van der Waals surface area contributed by atoms with E-state index in [1.54, 1.807) is 36.5 Å². The maximum atomic E-state index is 12.1. The van der Waals surface area contributed by atoms with Gasteiger partial charge in [-0.3, -0.25) is 14.6 Å². The number of pyridine rings is 1. The first-order valence-electron chi connectivity index (χ1n) is 7.57. The second kappa shape index (κ2) is 7.54. The second-order valence-corrected chi connectivity index (χ2v) is 5.93. The smallest absolute Gasteiger partial charge is 0.257 e. The van der Waals surface area contributed by atoms with Gasteiger partial charge in [0.15, 0.2) is 0 Å². The van der Waals surface area contributed by atoms with E-state index in [9.17, 15) is 9.59 Å². The lowest BCUT2D eigenvalue weighted by Crippen LogP contribution is -2.14. The molecule has 0 aliphatic heterocycles. The molecular formula is C18H21N3O2. The molecule has 5 heteroatoms. The first-order chi connectivity index (χ1) is 10.9. The fraction of sp³-hybridized carbons (Fsp3) is 0.278. The summed E-state index contributed by atoms with van der Waals surface area (Å²) in [7, 11) is 0. The van der Waals surface area contributed by atoms with E-state index in [0.29, 0.717) is 29.3 Å². The van der Waals surface area contributed by atoms with E-state index in [2.05, 4.69) is 15.6 Å². The second-order valence-electron chi connectivity index (χ2n) is 5.93. The number of rotatable bonds is 5. The molecule has 0 saturated carbocycles. The van der Waals surface area contributed by atoms with E-state index in [-0.39, 0.29) is 11.8 Å². The summed E-state index contributed by atoms with van der Waals surface area (Å²) in [6.45, 7) is 5.88. The number of aryl methyl sites for hydroxylation is 1. The summed E-state index contributed by atoms with van der Waals surface area (Å²) in [5, 5.41) is 5.64. The minimum Gasteiger partial charge on any atom is -0.326 e. The summed E-state index contributed by atoms with van der Waals surface area (Å²) in [5.41, 5.74) is 2.82. The predicted octanol–water partition coefficient (Wildman–Crippen LogP) is 3.63. The normalized spacial score (nSPS) is 10.4. The Kier molecular flexibility index (Phi) is 5.46. The molecule has 1 heterocycles. The summed E-state index contributed by atoms with van der Waals surface area (Å²) in [5.74, 6) is 0.0944. The molecule has 2 amide bonds. The van der Waals surface area contributed by atoms with Gasteiger partial charge in [-0.15, -0.1) is 0 Å². The zero-order valence-electron chi connectivity index (χ0n) is 13.6. The van der Waals surface area contributed by atoms with Crippen LogP contribution in [0.4, 0.5) is 11.4 Å². The van der Waals surface area contributed by atoms with Crippen molar-refractivity contribution in [1.29, 1.82) is 0 Å². The molecule has 0 radical (unpaired) electrons. The number of amides is 2. The van der Waals surface area contributed by atoms with Crippen LogP contribution in [-0.4, -0.2) is 16.8 Å². The van der Waals surface area contributed by atoms with Gasteiger partial charge < -0.3 is 10.6 Å². The number of carbonyl (C=O) groups excluding carboxylic acids is 2. The zero-order valence-corrected chi connectivity index (χ0v) is 13.6. The minimum atomic E-state index is -0.210. The third kappa shape index (κ3) is 5.21. The topological polar surface area (TPSA) is 71.1 Å². The highest BCUT2D eigenvalue weighted by atomic mass is 16.2. The molecule has 23 heavy (non-hydrogen) atoms. The average molecular weight is 311 g/mol. The van der Waals surface area contributed by atoms with Crippen LogP contribution in [-0.2, 0) is 4.79 Å². The van der Waals surface area contributed by atoms with Crippen molar-refractivity contribution >= 4 is 23.2 Å². The summed E-state index contributed by atoms with van der Waals surface area (Å²) in [4.78, 5) is 27.9. The first kappa shape index (κ1) is 16.7. The predicted molar refractivity (Wildman–Crippen MR) is 91.5 cm³/mol. The Morgan fingerprint density at radius 3 is 2.22 bits per heavy atom. The molecule has 1 aromatic carbocycles. The molecule has 2 N–H and O–H groups in total. The van der Waals surface area contributed by atoms with E-state index in [0.717, 1.165) is 5.56 Å². The van der Waals surface area contributed by atoms with E-state index >= 15 is 0 Å². The van der Waals surface area contributed by atoms with Gasteiger partial charge >= 0.3 is 0 Å². The van der Waals surface area contributed by atoms with Crippen LogP contribution in [0.2, 0.25) is 0 Å². The number of hydrogen-bond acceptors (Lipinski definition) is 3. The highest BCUT2D eigenvalue weighted by Gasteiger charge is 2.08. The monoisotopic (exact) mass is 311 g/mol. The van der Waals surface area contributed by atoms with Crippen molar-refractivity contribution in [3.8, 4) is 0 Å². The molecule has 0 atom stereocenters. The summed E-state index contributed by atoms with van der Waals surface area (Å²) < 4.78 is 0. The summed E-state index contributed by atoms with van der Waals surface area (Å²) in [6.07, 6.45) is 3.72. The Labute approximate surface area is 136 Å². The Morgan fingerprint density at radius 1 is 1.04 bits per heavy atom. The van der Waals surface area contributed by atoms with Gasteiger partial charge in [-0.2, -0.15) is 0 Å². The van der Waals surface area contributed by atoms with Crippen molar-refractivity contribution in [1.82, 2.24) is 4.98 Å². The van der Waals surface area contributed by atoms with Crippen LogP contribution in [0.5, 0.6) is 0 Å². The lowest BCUT2D eigenvalue weighted by Gasteiger charge is -2.09. The van der Waals surface area contributed by atoms with Gasteiger partial charge in [0.05, 0.1) is 5.56 Å². The van der Waals surface area contributed by atoms with Crippen LogP contribution in [0.15, 0.2) is 42.7 Å². The number of nitrogens with one attached hydrogen (secondary N) is 2. The van der Waals surface area contributed by atoms with Crippen molar-refractivity contribution in [3.05, 3.63) is 53.9 Å². The minimum absolute atomic E-state index is 0.0115. The SMILES string of the molecule is Cc1cncc(C(=O)Nc2ccc(NC(=O)CC(C)C)cc2)c1. The van der Waals surface area contributed by atoms with E-state index in [1.807, 2.05) is 20.8 Å². The van der Waals surface area contributed by atoms with Crippen LogP contribution in [0.25, 0.3) is 0 Å². The van der Waals surface area contributed by atoms with E-state index in [4.69, 9.17) is 0 Å². The molecule has 2 rings (SSSR count). The van der Waals surface area contributed by atoms with Crippen LogP contribution >= 0.6 is 0 Å².